The number of carbonyl (C=O) groups excluding carboxylic acids is 2. The maximum atomic E-state index is 12.8. The van der Waals surface area contributed by atoms with Crippen molar-refractivity contribution >= 4 is 21.8 Å². The first-order chi connectivity index (χ1) is 13.5. The monoisotopic (exact) mass is 403 g/mol. The average molecular weight is 403 g/mol. The number of amides is 2. The molecule has 0 radical (unpaired) electrons. The normalized spacial score (nSPS) is 18.7. The molecular formula is C19H21N3O5S. The molecule has 1 unspecified atom stereocenters. The molecule has 28 heavy (non-hydrogen) atoms. The van der Waals surface area contributed by atoms with Crippen LogP contribution in [0.2, 0.25) is 0 Å². The van der Waals surface area contributed by atoms with Gasteiger partial charge in [-0.3, -0.25) is 19.8 Å². The fourth-order valence-corrected chi connectivity index (χ4v) is 4.77. The number of rotatable bonds is 6. The summed E-state index contributed by atoms with van der Waals surface area (Å²) in [4.78, 5) is 25.6. The van der Waals surface area contributed by atoms with Gasteiger partial charge in [0.05, 0.1) is 28.3 Å². The lowest BCUT2D eigenvalue weighted by Gasteiger charge is -2.33. The summed E-state index contributed by atoms with van der Waals surface area (Å²) in [7, 11) is -3.86. The van der Waals surface area contributed by atoms with Gasteiger partial charge >= 0.3 is 0 Å². The molecule has 1 aromatic carbocycles. The van der Waals surface area contributed by atoms with Crippen LogP contribution in [0, 0.1) is 0 Å². The first-order valence-corrected chi connectivity index (χ1v) is 10.7. The van der Waals surface area contributed by atoms with E-state index in [2.05, 4.69) is 14.9 Å². The van der Waals surface area contributed by atoms with Crippen LogP contribution in [0.3, 0.4) is 0 Å². The van der Waals surface area contributed by atoms with E-state index in [4.69, 9.17) is 4.42 Å². The van der Waals surface area contributed by atoms with Gasteiger partial charge in [0.15, 0.2) is 0 Å². The Morgan fingerprint density at radius 3 is 2.54 bits per heavy atom. The second kappa shape index (κ2) is 7.50. The van der Waals surface area contributed by atoms with Crippen molar-refractivity contribution in [3.63, 3.8) is 0 Å². The summed E-state index contributed by atoms with van der Waals surface area (Å²) < 4.78 is 33.8. The van der Waals surface area contributed by atoms with Crippen LogP contribution >= 0.6 is 0 Å². The summed E-state index contributed by atoms with van der Waals surface area (Å²) in [6, 6.07) is 7.36. The summed E-state index contributed by atoms with van der Waals surface area (Å²) in [5.41, 5.74) is 0.261. The molecule has 0 spiro atoms. The maximum absolute atomic E-state index is 12.8. The quantitative estimate of drug-likeness (QED) is 0.710. The number of benzene rings is 1. The van der Waals surface area contributed by atoms with Crippen molar-refractivity contribution in [2.24, 2.45) is 0 Å². The highest BCUT2D eigenvalue weighted by atomic mass is 32.2. The van der Waals surface area contributed by atoms with Gasteiger partial charge in [-0.25, -0.2) is 13.1 Å². The van der Waals surface area contributed by atoms with Crippen LogP contribution < -0.4 is 10.0 Å². The minimum absolute atomic E-state index is 0.0482. The Kier molecular flexibility index (Phi) is 5.05. The number of furan rings is 1. The zero-order valence-corrected chi connectivity index (χ0v) is 16.0. The largest absolute Gasteiger partial charge is 0.468 e. The molecule has 0 aliphatic carbocycles. The van der Waals surface area contributed by atoms with Crippen molar-refractivity contribution in [2.45, 2.75) is 30.2 Å². The lowest BCUT2D eigenvalue weighted by atomic mass is 10.1. The molecule has 0 bridgehead atoms. The fraction of sp³-hybridized carbons (Fsp3) is 0.368. The van der Waals surface area contributed by atoms with Gasteiger partial charge in [0.1, 0.15) is 5.76 Å². The molecule has 4 rings (SSSR count). The molecule has 8 nitrogen and oxygen atoms in total. The SMILES string of the molecule is O=C1NC(=O)c2cc(S(=O)(=O)NCC(c3ccco3)N3CCCCC3)ccc21. The number of piperidine rings is 1. The molecule has 1 fully saturated rings. The Bertz CT molecular complexity index is 995. The Morgan fingerprint density at radius 1 is 1.07 bits per heavy atom. The molecule has 1 atom stereocenters. The number of carbonyl (C=O) groups is 2. The van der Waals surface area contributed by atoms with Gasteiger partial charge in [0.2, 0.25) is 10.0 Å². The molecule has 1 saturated heterocycles. The molecule has 2 aromatic rings. The van der Waals surface area contributed by atoms with Crippen molar-refractivity contribution in [3.05, 3.63) is 53.5 Å². The highest BCUT2D eigenvalue weighted by molar-refractivity contribution is 7.89. The standard InChI is InChI=1S/C19H21N3O5S/c23-18-14-7-6-13(11-15(14)19(24)21-18)28(25,26)20-12-16(17-5-4-10-27-17)22-8-2-1-3-9-22/h4-7,10-11,16,20H,1-3,8-9,12H2,(H,21,23,24). The number of fused-ring (bicyclic) bond motifs is 1. The van der Waals surface area contributed by atoms with Crippen LogP contribution in [-0.4, -0.2) is 44.8 Å². The Hall–Kier alpha value is -2.49. The van der Waals surface area contributed by atoms with Gasteiger partial charge in [-0.05, 0) is 56.3 Å². The number of sulfonamides is 1. The maximum Gasteiger partial charge on any atom is 0.258 e. The number of nitrogens with one attached hydrogen (secondary N) is 2. The second-order valence-corrected chi connectivity index (χ2v) is 8.74. The third-order valence-electron chi connectivity index (χ3n) is 5.19. The van der Waals surface area contributed by atoms with Crippen molar-refractivity contribution in [2.75, 3.05) is 19.6 Å². The van der Waals surface area contributed by atoms with Crippen LogP contribution in [0.1, 0.15) is 51.8 Å². The summed E-state index contributed by atoms with van der Waals surface area (Å²) >= 11 is 0. The number of likely N-dealkylation sites (tertiary alicyclic amines) is 1. The van der Waals surface area contributed by atoms with E-state index in [1.165, 1.54) is 24.6 Å². The number of imide groups is 1. The van der Waals surface area contributed by atoms with Crippen molar-refractivity contribution in [1.82, 2.24) is 14.9 Å². The van der Waals surface area contributed by atoms with Gasteiger partial charge in [0, 0.05) is 6.54 Å². The minimum Gasteiger partial charge on any atom is -0.468 e. The molecule has 0 saturated carbocycles. The van der Waals surface area contributed by atoms with E-state index < -0.39 is 21.8 Å². The van der Waals surface area contributed by atoms with Crippen LogP contribution in [0.4, 0.5) is 0 Å². The van der Waals surface area contributed by atoms with Crippen LogP contribution in [0.25, 0.3) is 0 Å². The Balaban J connectivity index is 1.54. The van der Waals surface area contributed by atoms with Gasteiger partial charge < -0.3 is 4.42 Å². The van der Waals surface area contributed by atoms with Crippen LogP contribution in [-0.2, 0) is 10.0 Å². The summed E-state index contributed by atoms with van der Waals surface area (Å²) in [5.74, 6) is -0.387. The topological polar surface area (TPSA) is 109 Å². The zero-order valence-electron chi connectivity index (χ0n) is 15.2. The van der Waals surface area contributed by atoms with Crippen molar-refractivity contribution < 1.29 is 22.4 Å². The number of nitrogens with zero attached hydrogens (tertiary/aromatic N) is 1. The molecule has 1 aromatic heterocycles. The smallest absolute Gasteiger partial charge is 0.258 e. The highest BCUT2D eigenvalue weighted by Crippen LogP contribution is 2.26. The highest BCUT2D eigenvalue weighted by Gasteiger charge is 2.30. The number of hydrogen-bond donors (Lipinski definition) is 2. The molecule has 2 amide bonds. The molecular weight excluding hydrogens is 382 g/mol. The zero-order chi connectivity index (χ0) is 19.7. The molecule has 2 N–H and O–H groups in total. The molecule has 2 aliphatic heterocycles. The van der Waals surface area contributed by atoms with Crippen LogP contribution in [0.5, 0.6) is 0 Å². The van der Waals surface area contributed by atoms with E-state index in [9.17, 15) is 18.0 Å². The predicted molar refractivity (Wildman–Crippen MR) is 100 cm³/mol. The lowest BCUT2D eigenvalue weighted by molar-refractivity contribution is 0.0879. The molecule has 148 valence electrons. The van der Waals surface area contributed by atoms with E-state index in [1.807, 2.05) is 6.07 Å². The first-order valence-electron chi connectivity index (χ1n) is 9.22. The summed E-state index contributed by atoms with van der Waals surface area (Å²) in [5, 5.41) is 2.16. The molecule has 2 aliphatic rings. The van der Waals surface area contributed by atoms with Crippen LogP contribution in [0.15, 0.2) is 45.9 Å². The van der Waals surface area contributed by atoms with Gasteiger partial charge in [-0.1, -0.05) is 6.42 Å². The summed E-state index contributed by atoms with van der Waals surface area (Å²) in [6.07, 6.45) is 4.88. The third kappa shape index (κ3) is 3.60. The van der Waals surface area contributed by atoms with Gasteiger partial charge in [0.25, 0.3) is 11.8 Å². The Morgan fingerprint density at radius 2 is 1.82 bits per heavy atom. The molecule has 9 heteroatoms. The third-order valence-corrected chi connectivity index (χ3v) is 6.61. The predicted octanol–water partition coefficient (Wildman–Crippen LogP) is 1.67. The van der Waals surface area contributed by atoms with Gasteiger partial charge in [-0.2, -0.15) is 0 Å². The van der Waals surface area contributed by atoms with Gasteiger partial charge in [-0.15, -0.1) is 0 Å². The van der Waals surface area contributed by atoms with E-state index in [1.54, 1.807) is 12.3 Å². The molecule has 3 heterocycles. The van der Waals surface area contributed by atoms with Crippen molar-refractivity contribution in [3.8, 4) is 0 Å². The second-order valence-electron chi connectivity index (χ2n) is 6.97. The van der Waals surface area contributed by atoms with E-state index in [0.717, 1.165) is 25.9 Å². The lowest BCUT2D eigenvalue weighted by Crippen LogP contribution is -2.40. The fourth-order valence-electron chi connectivity index (χ4n) is 3.71. The average Bonchev–Trinajstić information content (AvgIpc) is 3.31. The van der Waals surface area contributed by atoms with Crippen molar-refractivity contribution in [1.29, 1.82) is 0 Å². The Labute approximate surface area is 162 Å². The minimum atomic E-state index is -3.86. The van der Waals surface area contributed by atoms with E-state index >= 15 is 0 Å². The summed E-state index contributed by atoms with van der Waals surface area (Å²) in [6.45, 7) is 1.92. The van der Waals surface area contributed by atoms with E-state index in [0.29, 0.717) is 5.76 Å². The van der Waals surface area contributed by atoms with E-state index in [-0.39, 0.29) is 28.6 Å². The number of hydrogen-bond acceptors (Lipinski definition) is 6. The first kappa shape index (κ1) is 18.9.